The van der Waals surface area contributed by atoms with Crippen LogP contribution in [0.25, 0.3) is 0 Å². The van der Waals surface area contributed by atoms with Gasteiger partial charge in [-0.25, -0.2) is 0 Å². The maximum atomic E-state index is 12.5. The second-order valence-corrected chi connectivity index (χ2v) is 6.85. The van der Waals surface area contributed by atoms with Gasteiger partial charge < -0.3 is 20.1 Å². The van der Waals surface area contributed by atoms with Gasteiger partial charge in [0, 0.05) is 24.8 Å². The molecule has 0 aliphatic rings. The molecule has 3 rings (SSSR count). The molecule has 2 N–H and O–H groups in total. The van der Waals surface area contributed by atoms with Crippen LogP contribution in [0, 0.1) is 0 Å². The van der Waals surface area contributed by atoms with Crippen molar-refractivity contribution in [2.75, 3.05) is 0 Å². The third-order valence-electron chi connectivity index (χ3n) is 4.41. The molecule has 0 saturated heterocycles. The van der Waals surface area contributed by atoms with Gasteiger partial charge >= 0.3 is 13.2 Å². The second kappa shape index (κ2) is 11.6. The quantitative estimate of drug-likeness (QED) is 0.429. The zero-order chi connectivity index (χ0) is 24.5. The number of halogens is 4. The first-order valence-corrected chi connectivity index (χ1v) is 9.90. The Balaban J connectivity index is 1.57. The molecule has 7 nitrogen and oxygen atoms in total. The Kier molecular flexibility index (Phi) is 8.38. The van der Waals surface area contributed by atoms with Crippen LogP contribution in [0.4, 0.5) is 17.6 Å². The van der Waals surface area contributed by atoms with Crippen LogP contribution in [0.1, 0.15) is 32.0 Å². The molecule has 1 aromatic heterocycles. The third kappa shape index (κ3) is 7.47. The maximum absolute atomic E-state index is 12.5. The number of nitrogens with one attached hydrogen (secondary N) is 2. The number of hydrogen-bond donors (Lipinski definition) is 2. The normalized spacial score (nSPS) is 10.8. The van der Waals surface area contributed by atoms with Crippen molar-refractivity contribution in [1.82, 2.24) is 15.6 Å². The SMILES string of the molecule is O=C(NCc1cccc(OC(F)F)c1)c1ccnc(C(=O)NCc2cccc(OC(F)F)c2)c1. The minimum absolute atomic E-state index is 0.0222. The third-order valence-corrected chi connectivity index (χ3v) is 4.41. The van der Waals surface area contributed by atoms with Crippen LogP contribution in [0.5, 0.6) is 11.5 Å². The van der Waals surface area contributed by atoms with Crippen molar-refractivity contribution in [3.05, 3.63) is 89.2 Å². The number of rotatable bonds is 10. The van der Waals surface area contributed by atoms with Crippen molar-refractivity contribution in [1.29, 1.82) is 0 Å². The van der Waals surface area contributed by atoms with Crippen LogP contribution in [0.2, 0.25) is 0 Å². The Morgan fingerprint density at radius 2 is 1.29 bits per heavy atom. The molecule has 3 aromatic rings. The van der Waals surface area contributed by atoms with Crippen molar-refractivity contribution < 1.29 is 36.6 Å². The topological polar surface area (TPSA) is 89.5 Å². The van der Waals surface area contributed by atoms with E-state index in [2.05, 4.69) is 25.1 Å². The molecule has 0 radical (unpaired) electrons. The van der Waals surface area contributed by atoms with Gasteiger partial charge in [-0.05, 0) is 47.5 Å². The van der Waals surface area contributed by atoms with Gasteiger partial charge in [0.15, 0.2) is 0 Å². The summed E-state index contributed by atoms with van der Waals surface area (Å²) in [4.78, 5) is 28.8. The smallest absolute Gasteiger partial charge is 0.387 e. The first-order valence-electron chi connectivity index (χ1n) is 9.90. The lowest BCUT2D eigenvalue weighted by molar-refractivity contribution is -0.0505. The summed E-state index contributed by atoms with van der Waals surface area (Å²) < 4.78 is 58.0. The highest BCUT2D eigenvalue weighted by molar-refractivity contribution is 5.98. The van der Waals surface area contributed by atoms with Gasteiger partial charge in [-0.3, -0.25) is 14.6 Å². The molecular formula is C23H19F4N3O4. The summed E-state index contributed by atoms with van der Waals surface area (Å²) in [5.74, 6) is -1.15. The molecule has 1 heterocycles. The highest BCUT2D eigenvalue weighted by Crippen LogP contribution is 2.17. The lowest BCUT2D eigenvalue weighted by Crippen LogP contribution is -2.26. The number of carbonyl (C=O) groups is 2. The van der Waals surface area contributed by atoms with Crippen LogP contribution < -0.4 is 20.1 Å². The molecule has 0 atom stereocenters. The molecule has 0 saturated carbocycles. The number of pyridine rings is 1. The van der Waals surface area contributed by atoms with E-state index in [9.17, 15) is 27.2 Å². The number of alkyl halides is 4. The van der Waals surface area contributed by atoms with Gasteiger partial charge in [0.2, 0.25) is 0 Å². The molecule has 0 bridgehead atoms. The molecule has 178 valence electrons. The van der Waals surface area contributed by atoms with E-state index in [1.54, 1.807) is 12.1 Å². The van der Waals surface area contributed by atoms with Crippen LogP contribution in [0.15, 0.2) is 66.9 Å². The molecular weight excluding hydrogens is 458 g/mol. The summed E-state index contributed by atoms with van der Waals surface area (Å²) in [6.07, 6.45) is 1.29. The second-order valence-electron chi connectivity index (χ2n) is 6.85. The van der Waals surface area contributed by atoms with Gasteiger partial charge in [0.1, 0.15) is 17.2 Å². The number of ether oxygens (including phenoxy) is 2. The first-order chi connectivity index (χ1) is 16.3. The van der Waals surface area contributed by atoms with E-state index in [1.807, 2.05) is 0 Å². The molecule has 0 fully saturated rings. The Morgan fingerprint density at radius 3 is 1.82 bits per heavy atom. The monoisotopic (exact) mass is 477 g/mol. The zero-order valence-electron chi connectivity index (χ0n) is 17.5. The summed E-state index contributed by atoms with van der Waals surface area (Å²) in [7, 11) is 0. The maximum Gasteiger partial charge on any atom is 0.387 e. The number of benzene rings is 2. The van der Waals surface area contributed by atoms with E-state index in [0.717, 1.165) is 0 Å². The van der Waals surface area contributed by atoms with Crippen LogP contribution in [-0.2, 0) is 13.1 Å². The van der Waals surface area contributed by atoms with Crippen molar-refractivity contribution in [2.45, 2.75) is 26.3 Å². The molecule has 0 unspecified atom stereocenters. The van der Waals surface area contributed by atoms with Crippen molar-refractivity contribution >= 4 is 11.8 Å². The van der Waals surface area contributed by atoms with E-state index < -0.39 is 25.0 Å². The molecule has 11 heteroatoms. The largest absolute Gasteiger partial charge is 0.435 e. The predicted molar refractivity (Wildman–Crippen MR) is 113 cm³/mol. The Labute approximate surface area is 191 Å². The zero-order valence-corrected chi connectivity index (χ0v) is 17.5. The minimum atomic E-state index is -2.96. The molecule has 2 aromatic carbocycles. The van der Waals surface area contributed by atoms with Crippen LogP contribution in [-0.4, -0.2) is 30.0 Å². The summed E-state index contributed by atoms with van der Waals surface area (Å²) in [6, 6.07) is 14.5. The van der Waals surface area contributed by atoms with E-state index in [1.165, 1.54) is 54.7 Å². The van der Waals surface area contributed by atoms with Gasteiger partial charge in [0.05, 0.1) is 0 Å². The number of carbonyl (C=O) groups excluding carboxylic acids is 2. The number of hydrogen-bond acceptors (Lipinski definition) is 5. The first kappa shape index (κ1) is 24.5. The van der Waals surface area contributed by atoms with Crippen molar-refractivity contribution in [3.8, 4) is 11.5 Å². The summed E-state index contributed by atoms with van der Waals surface area (Å²) in [5, 5.41) is 5.22. The van der Waals surface area contributed by atoms with E-state index in [0.29, 0.717) is 11.1 Å². The fourth-order valence-electron chi connectivity index (χ4n) is 2.92. The van der Waals surface area contributed by atoms with E-state index in [4.69, 9.17) is 0 Å². The standard InChI is InChI=1S/C23H19F4N3O4/c24-22(25)33-17-5-1-3-14(9-17)12-29-20(31)16-7-8-28-19(11-16)21(32)30-13-15-4-2-6-18(10-15)34-23(26)27/h1-11,22-23H,12-13H2,(H,29,31)(H,30,32). The number of nitrogens with zero attached hydrogens (tertiary/aromatic N) is 1. The van der Waals surface area contributed by atoms with Gasteiger partial charge in [0.25, 0.3) is 11.8 Å². The van der Waals surface area contributed by atoms with Gasteiger partial charge in [-0.15, -0.1) is 0 Å². The molecule has 34 heavy (non-hydrogen) atoms. The summed E-state index contributed by atoms with van der Waals surface area (Å²) in [6.45, 7) is -5.85. The van der Waals surface area contributed by atoms with Gasteiger partial charge in [-0.2, -0.15) is 17.6 Å². The average Bonchev–Trinajstić information content (AvgIpc) is 2.81. The number of amides is 2. The highest BCUT2D eigenvalue weighted by Gasteiger charge is 2.13. The molecule has 0 aliphatic carbocycles. The fourth-order valence-corrected chi connectivity index (χ4v) is 2.92. The van der Waals surface area contributed by atoms with Crippen LogP contribution in [0.3, 0.4) is 0 Å². The van der Waals surface area contributed by atoms with Crippen LogP contribution >= 0.6 is 0 Å². The summed E-state index contributed by atoms with van der Waals surface area (Å²) in [5.41, 5.74) is 1.20. The fraction of sp³-hybridized carbons (Fsp3) is 0.174. The average molecular weight is 477 g/mol. The van der Waals surface area contributed by atoms with E-state index in [-0.39, 0.29) is 35.8 Å². The molecule has 0 aliphatic heterocycles. The Morgan fingerprint density at radius 1 is 0.765 bits per heavy atom. The summed E-state index contributed by atoms with van der Waals surface area (Å²) >= 11 is 0. The minimum Gasteiger partial charge on any atom is -0.435 e. The highest BCUT2D eigenvalue weighted by atomic mass is 19.3. The number of aromatic nitrogens is 1. The lowest BCUT2D eigenvalue weighted by Gasteiger charge is -2.10. The van der Waals surface area contributed by atoms with E-state index >= 15 is 0 Å². The Hall–Kier alpha value is -4.15. The molecule has 2 amide bonds. The Bertz CT molecular complexity index is 1060. The molecule has 0 spiro atoms. The van der Waals surface area contributed by atoms with Crippen molar-refractivity contribution in [3.63, 3.8) is 0 Å². The lowest BCUT2D eigenvalue weighted by atomic mass is 10.1. The van der Waals surface area contributed by atoms with Gasteiger partial charge in [-0.1, -0.05) is 24.3 Å². The predicted octanol–water partition coefficient (Wildman–Crippen LogP) is 4.14. The van der Waals surface area contributed by atoms with Crippen molar-refractivity contribution in [2.24, 2.45) is 0 Å².